The summed E-state index contributed by atoms with van der Waals surface area (Å²) in [5, 5.41) is 2.91. The first-order valence-electron chi connectivity index (χ1n) is 7.26. The zero-order valence-electron chi connectivity index (χ0n) is 13.3. The molecule has 0 aliphatic rings. The van der Waals surface area contributed by atoms with Gasteiger partial charge >= 0.3 is 12.4 Å². The number of para-hydroxylation sites is 1. The van der Waals surface area contributed by atoms with Crippen molar-refractivity contribution in [1.29, 1.82) is 0 Å². The summed E-state index contributed by atoms with van der Waals surface area (Å²) >= 11 is 0.700. The van der Waals surface area contributed by atoms with Crippen LogP contribution >= 0.6 is 11.3 Å². The Kier molecular flexibility index (Phi) is 5.79. The SMILES string of the molecule is CCN(CC(=O)Nc1ccccc1C(F)(F)F)c1nc(C(F)(F)F)cs1. The molecule has 1 heterocycles. The molecule has 11 heteroatoms. The first-order chi connectivity index (χ1) is 12.0. The molecule has 0 aliphatic heterocycles. The highest BCUT2D eigenvalue weighted by Crippen LogP contribution is 2.35. The minimum absolute atomic E-state index is 0.0425. The molecular weight excluding hydrogens is 384 g/mol. The van der Waals surface area contributed by atoms with E-state index >= 15 is 0 Å². The number of anilines is 2. The molecule has 0 saturated carbocycles. The van der Waals surface area contributed by atoms with Gasteiger partial charge in [0.2, 0.25) is 5.91 Å². The molecule has 0 radical (unpaired) electrons. The summed E-state index contributed by atoms with van der Waals surface area (Å²) in [6.07, 6.45) is -9.26. The highest BCUT2D eigenvalue weighted by molar-refractivity contribution is 7.13. The standard InChI is InChI=1S/C15H13F6N3OS/c1-2-24(13-23-11(8-26-13)15(19,20)21)7-12(25)22-10-6-4-3-5-9(10)14(16,17)18/h3-6,8H,2,7H2,1H3,(H,22,25). The molecule has 26 heavy (non-hydrogen) atoms. The lowest BCUT2D eigenvalue weighted by Gasteiger charge is -2.20. The third-order valence-electron chi connectivity index (χ3n) is 3.28. The maximum absolute atomic E-state index is 12.9. The first-order valence-corrected chi connectivity index (χ1v) is 8.14. The van der Waals surface area contributed by atoms with Crippen LogP contribution in [0, 0.1) is 0 Å². The lowest BCUT2D eigenvalue weighted by atomic mass is 10.1. The number of benzene rings is 1. The highest BCUT2D eigenvalue weighted by Gasteiger charge is 2.35. The van der Waals surface area contributed by atoms with Crippen LogP contribution in [0.1, 0.15) is 18.2 Å². The van der Waals surface area contributed by atoms with E-state index in [-0.39, 0.29) is 11.7 Å². The minimum Gasteiger partial charge on any atom is -0.339 e. The molecule has 2 rings (SSSR count). The molecule has 0 aliphatic carbocycles. The summed E-state index contributed by atoms with van der Waals surface area (Å²) < 4.78 is 76.6. The molecule has 1 aromatic carbocycles. The summed E-state index contributed by atoms with van der Waals surface area (Å²) in [5.74, 6) is -0.799. The lowest BCUT2D eigenvalue weighted by Crippen LogP contribution is -2.33. The van der Waals surface area contributed by atoms with Gasteiger partial charge in [0, 0.05) is 11.9 Å². The van der Waals surface area contributed by atoms with Crippen LogP contribution in [0.3, 0.4) is 0 Å². The van der Waals surface area contributed by atoms with Crippen molar-refractivity contribution in [1.82, 2.24) is 4.98 Å². The number of carbonyl (C=O) groups excluding carboxylic acids is 1. The van der Waals surface area contributed by atoms with Gasteiger partial charge in [-0.3, -0.25) is 4.79 Å². The molecular formula is C15H13F6N3OS. The highest BCUT2D eigenvalue weighted by atomic mass is 32.1. The first kappa shape index (κ1) is 20.0. The van der Waals surface area contributed by atoms with Crippen LogP contribution < -0.4 is 10.2 Å². The van der Waals surface area contributed by atoms with Gasteiger partial charge in [0.25, 0.3) is 0 Å². The van der Waals surface area contributed by atoms with Crippen LogP contribution in [0.15, 0.2) is 29.6 Å². The van der Waals surface area contributed by atoms with Gasteiger partial charge in [0.1, 0.15) is 0 Å². The summed E-state index contributed by atoms with van der Waals surface area (Å²) in [5.41, 5.74) is -2.51. The van der Waals surface area contributed by atoms with Crippen molar-refractivity contribution >= 4 is 28.1 Å². The van der Waals surface area contributed by atoms with Crippen molar-refractivity contribution in [3.63, 3.8) is 0 Å². The Morgan fingerprint density at radius 2 is 1.81 bits per heavy atom. The number of amides is 1. The largest absolute Gasteiger partial charge is 0.434 e. The van der Waals surface area contributed by atoms with E-state index < -0.39 is 41.7 Å². The topological polar surface area (TPSA) is 45.2 Å². The summed E-state index contributed by atoms with van der Waals surface area (Å²) in [4.78, 5) is 16.7. The number of hydrogen-bond acceptors (Lipinski definition) is 4. The Morgan fingerprint density at radius 1 is 1.15 bits per heavy atom. The molecule has 0 saturated heterocycles. The van der Waals surface area contributed by atoms with Gasteiger partial charge in [0.15, 0.2) is 10.8 Å². The van der Waals surface area contributed by atoms with E-state index in [0.29, 0.717) is 11.3 Å². The van der Waals surface area contributed by atoms with Gasteiger partial charge in [-0.25, -0.2) is 4.98 Å². The van der Waals surface area contributed by atoms with Crippen LogP contribution in [0.2, 0.25) is 0 Å². The van der Waals surface area contributed by atoms with Crippen molar-refractivity contribution < 1.29 is 31.1 Å². The number of likely N-dealkylation sites (N-methyl/N-ethyl adjacent to an activating group) is 1. The number of alkyl halides is 6. The maximum Gasteiger partial charge on any atom is 0.434 e. The van der Waals surface area contributed by atoms with E-state index in [0.717, 1.165) is 17.5 Å². The Balaban J connectivity index is 2.13. The van der Waals surface area contributed by atoms with Crippen LogP contribution in [0.4, 0.5) is 37.2 Å². The Morgan fingerprint density at radius 3 is 2.35 bits per heavy atom. The minimum atomic E-state index is -4.65. The van der Waals surface area contributed by atoms with Crippen molar-refractivity contribution in [2.24, 2.45) is 0 Å². The molecule has 142 valence electrons. The van der Waals surface area contributed by atoms with Crippen molar-refractivity contribution in [3.05, 3.63) is 40.9 Å². The van der Waals surface area contributed by atoms with E-state index in [1.165, 1.54) is 17.0 Å². The van der Waals surface area contributed by atoms with E-state index in [1.54, 1.807) is 6.92 Å². The van der Waals surface area contributed by atoms with Crippen LogP contribution in [-0.2, 0) is 17.1 Å². The van der Waals surface area contributed by atoms with Gasteiger partial charge in [-0.05, 0) is 19.1 Å². The van der Waals surface area contributed by atoms with Crippen molar-refractivity contribution in [3.8, 4) is 0 Å². The molecule has 1 aromatic heterocycles. The quantitative estimate of drug-likeness (QED) is 0.748. The number of halogens is 6. The van der Waals surface area contributed by atoms with E-state index in [2.05, 4.69) is 10.3 Å². The van der Waals surface area contributed by atoms with Gasteiger partial charge < -0.3 is 10.2 Å². The number of nitrogens with zero attached hydrogens (tertiary/aromatic N) is 2. The zero-order chi connectivity index (χ0) is 19.5. The third kappa shape index (κ3) is 4.87. The van der Waals surface area contributed by atoms with Crippen molar-refractivity contribution in [2.45, 2.75) is 19.3 Å². The number of aromatic nitrogens is 1. The molecule has 0 bridgehead atoms. The Labute approximate surface area is 148 Å². The molecule has 0 unspecified atom stereocenters. The maximum atomic E-state index is 12.9. The molecule has 0 spiro atoms. The summed E-state index contributed by atoms with van der Waals surface area (Å²) in [6.45, 7) is 1.30. The fourth-order valence-electron chi connectivity index (χ4n) is 2.06. The van der Waals surface area contributed by atoms with Gasteiger partial charge in [-0.1, -0.05) is 12.1 Å². The number of thiazole rings is 1. The van der Waals surface area contributed by atoms with E-state index in [9.17, 15) is 31.1 Å². The predicted molar refractivity (Wildman–Crippen MR) is 85.1 cm³/mol. The van der Waals surface area contributed by atoms with Crippen molar-refractivity contribution in [2.75, 3.05) is 23.3 Å². The second-order valence-electron chi connectivity index (χ2n) is 5.12. The van der Waals surface area contributed by atoms with E-state index in [1.807, 2.05) is 0 Å². The molecule has 4 nitrogen and oxygen atoms in total. The fraction of sp³-hybridized carbons (Fsp3) is 0.333. The van der Waals surface area contributed by atoms with Crippen LogP contribution in [0.5, 0.6) is 0 Å². The second-order valence-corrected chi connectivity index (χ2v) is 5.96. The predicted octanol–water partition coefficient (Wildman–Crippen LogP) is 4.65. The van der Waals surface area contributed by atoms with Crippen LogP contribution in [-0.4, -0.2) is 24.0 Å². The zero-order valence-corrected chi connectivity index (χ0v) is 14.1. The smallest absolute Gasteiger partial charge is 0.339 e. The molecule has 1 N–H and O–H groups in total. The Hall–Kier alpha value is -2.30. The number of carbonyl (C=O) groups is 1. The third-order valence-corrected chi connectivity index (χ3v) is 4.18. The molecule has 0 fully saturated rings. The molecule has 2 aromatic rings. The monoisotopic (exact) mass is 397 g/mol. The average molecular weight is 397 g/mol. The molecule has 0 atom stereocenters. The van der Waals surface area contributed by atoms with Gasteiger partial charge in [0.05, 0.1) is 17.8 Å². The summed E-state index contributed by atoms with van der Waals surface area (Å²) in [7, 11) is 0. The van der Waals surface area contributed by atoms with Crippen LogP contribution in [0.25, 0.3) is 0 Å². The second kappa shape index (κ2) is 7.52. The Bertz CT molecular complexity index is 771. The van der Waals surface area contributed by atoms with E-state index in [4.69, 9.17) is 0 Å². The average Bonchev–Trinajstić information content (AvgIpc) is 3.02. The summed E-state index contributed by atoms with van der Waals surface area (Å²) in [6, 6.07) is 4.44. The fourth-order valence-corrected chi connectivity index (χ4v) is 2.95. The van der Waals surface area contributed by atoms with Gasteiger partial charge in [-0.2, -0.15) is 26.3 Å². The lowest BCUT2D eigenvalue weighted by molar-refractivity contribution is -0.140. The number of rotatable bonds is 5. The normalized spacial score (nSPS) is 12.1. The molecule has 1 amide bonds. The van der Waals surface area contributed by atoms with Gasteiger partial charge in [-0.15, -0.1) is 11.3 Å². The number of nitrogens with one attached hydrogen (secondary N) is 1. The number of hydrogen-bond donors (Lipinski definition) is 1.